The number of ether oxygens (including phenoxy) is 1. The van der Waals surface area contributed by atoms with E-state index in [1.165, 1.54) is 5.56 Å². The van der Waals surface area contributed by atoms with Crippen LogP contribution in [-0.2, 0) is 4.74 Å². The van der Waals surface area contributed by atoms with Crippen molar-refractivity contribution in [2.75, 3.05) is 7.11 Å². The average molecular weight is 180 g/mol. The van der Waals surface area contributed by atoms with Gasteiger partial charge in [-0.3, -0.25) is 4.68 Å². The van der Waals surface area contributed by atoms with Crippen molar-refractivity contribution in [3.8, 4) is 0 Å². The Morgan fingerprint density at radius 3 is 2.77 bits per heavy atom. The number of nitrogens with zero attached hydrogens (tertiary/aromatic N) is 2. The third-order valence-electron chi connectivity index (χ3n) is 2.93. The van der Waals surface area contributed by atoms with E-state index in [9.17, 15) is 0 Å². The smallest absolute Gasteiger partial charge is 0.0691 e. The summed E-state index contributed by atoms with van der Waals surface area (Å²) in [4.78, 5) is 0. The molecule has 2 rings (SSSR count). The molecule has 0 atom stereocenters. The van der Waals surface area contributed by atoms with Crippen LogP contribution in [0, 0.1) is 6.92 Å². The second-order valence-corrected chi connectivity index (χ2v) is 4.21. The first kappa shape index (κ1) is 8.75. The minimum atomic E-state index is 0.0878. The lowest BCUT2D eigenvalue weighted by atomic mass is 9.77. The van der Waals surface area contributed by atoms with Gasteiger partial charge in [-0.05, 0) is 32.3 Å². The number of aryl methyl sites for hydroxylation is 1. The molecule has 13 heavy (non-hydrogen) atoms. The van der Waals surface area contributed by atoms with Crippen molar-refractivity contribution in [3.63, 3.8) is 0 Å². The molecule has 1 aliphatic carbocycles. The zero-order chi connectivity index (χ0) is 9.47. The van der Waals surface area contributed by atoms with Crippen molar-refractivity contribution in [3.05, 3.63) is 18.0 Å². The van der Waals surface area contributed by atoms with E-state index in [2.05, 4.69) is 29.8 Å². The molecule has 0 amide bonds. The van der Waals surface area contributed by atoms with E-state index in [0.717, 1.165) is 12.8 Å². The summed E-state index contributed by atoms with van der Waals surface area (Å²) in [6.07, 6.45) is 6.15. The van der Waals surface area contributed by atoms with Crippen molar-refractivity contribution in [2.24, 2.45) is 0 Å². The minimum Gasteiger partial charge on any atom is -0.378 e. The van der Waals surface area contributed by atoms with Crippen LogP contribution in [0.15, 0.2) is 12.4 Å². The van der Waals surface area contributed by atoms with E-state index in [4.69, 9.17) is 4.74 Å². The van der Waals surface area contributed by atoms with E-state index in [1.807, 2.05) is 6.20 Å². The maximum atomic E-state index is 5.39. The summed E-state index contributed by atoms with van der Waals surface area (Å²) in [5.74, 6) is 0. The molecule has 0 N–H and O–H groups in total. The molecule has 0 unspecified atom stereocenters. The zero-order valence-corrected chi connectivity index (χ0v) is 8.45. The Labute approximate surface area is 78.7 Å². The number of aromatic nitrogens is 2. The van der Waals surface area contributed by atoms with Gasteiger partial charge in [0.1, 0.15) is 0 Å². The van der Waals surface area contributed by atoms with Crippen LogP contribution in [0.25, 0.3) is 0 Å². The van der Waals surface area contributed by atoms with Crippen LogP contribution < -0.4 is 0 Å². The maximum Gasteiger partial charge on any atom is 0.0691 e. The predicted octanol–water partition coefficient (Wildman–Crippen LogP) is 1.93. The summed E-state index contributed by atoms with van der Waals surface area (Å²) in [6, 6.07) is 0.540. The highest BCUT2D eigenvalue weighted by atomic mass is 16.5. The third-order valence-corrected chi connectivity index (χ3v) is 2.93. The Morgan fingerprint density at radius 1 is 1.62 bits per heavy atom. The van der Waals surface area contributed by atoms with Gasteiger partial charge < -0.3 is 4.74 Å². The molecule has 3 nitrogen and oxygen atoms in total. The molecule has 1 aromatic heterocycles. The van der Waals surface area contributed by atoms with Crippen LogP contribution in [-0.4, -0.2) is 22.5 Å². The van der Waals surface area contributed by atoms with Crippen LogP contribution in [0.3, 0.4) is 0 Å². The Bertz CT molecular complexity index is 300. The number of hydrogen-bond donors (Lipinski definition) is 0. The van der Waals surface area contributed by atoms with E-state index in [1.54, 1.807) is 7.11 Å². The van der Waals surface area contributed by atoms with Crippen LogP contribution in [0.4, 0.5) is 0 Å². The molecule has 0 bridgehead atoms. The van der Waals surface area contributed by atoms with Gasteiger partial charge in [0, 0.05) is 13.3 Å². The van der Waals surface area contributed by atoms with Gasteiger partial charge in [-0.25, -0.2) is 0 Å². The fraction of sp³-hybridized carbons (Fsp3) is 0.700. The summed E-state index contributed by atoms with van der Waals surface area (Å²) >= 11 is 0. The van der Waals surface area contributed by atoms with Gasteiger partial charge in [0.25, 0.3) is 0 Å². The summed E-state index contributed by atoms with van der Waals surface area (Å²) < 4.78 is 7.44. The fourth-order valence-electron chi connectivity index (χ4n) is 1.92. The predicted molar refractivity (Wildman–Crippen MR) is 50.6 cm³/mol. The molecular weight excluding hydrogens is 164 g/mol. The van der Waals surface area contributed by atoms with Crippen molar-refractivity contribution < 1.29 is 4.74 Å². The second-order valence-electron chi connectivity index (χ2n) is 4.21. The van der Waals surface area contributed by atoms with Crippen molar-refractivity contribution in [1.29, 1.82) is 0 Å². The summed E-state index contributed by atoms with van der Waals surface area (Å²) in [5.41, 5.74) is 1.32. The van der Waals surface area contributed by atoms with Crippen LogP contribution in [0.5, 0.6) is 0 Å². The highest BCUT2D eigenvalue weighted by Crippen LogP contribution is 2.42. The van der Waals surface area contributed by atoms with E-state index < -0.39 is 0 Å². The number of hydrogen-bond acceptors (Lipinski definition) is 2. The SMILES string of the molecule is COC1(C)CC(n2cc(C)cn2)C1. The summed E-state index contributed by atoms with van der Waals surface area (Å²) in [7, 11) is 1.78. The van der Waals surface area contributed by atoms with Gasteiger partial charge in [0.2, 0.25) is 0 Å². The molecule has 1 fully saturated rings. The molecule has 1 heterocycles. The molecule has 1 aliphatic rings. The lowest BCUT2D eigenvalue weighted by Crippen LogP contribution is -2.43. The Morgan fingerprint density at radius 2 is 2.31 bits per heavy atom. The molecular formula is C10H16N2O. The number of methoxy groups -OCH3 is 1. The van der Waals surface area contributed by atoms with Crippen molar-refractivity contribution in [1.82, 2.24) is 9.78 Å². The van der Waals surface area contributed by atoms with Gasteiger partial charge in [-0.1, -0.05) is 0 Å². The van der Waals surface area contributed by atoms with Gasteiger partial charge in [-0.2, -0.15) is 5.10 Å². The summed E-state index contributed by atoms with van der Waals surface area (Å²) in [5, 5.41) is 4.30. The molecule has 1 aromatic rings. The standard InChI is InChI=1S/C10H16N2O/c1-8-6-11-12(7-8)9-4-10(2,5-9)13-3/h6-7,9H,4-5H2,1-3H3. The summed E-state index contributed by atoms with van der Waals surface area (Å²) in [6.45, 7) is 4.22. The molecule has 0 spiro atoms. The van der Waals surface area contributed by atoms with Crippen molar-refractivity contribution in [2.45, 2.75) is 38.3 Å². The van der Waals surface area contributed by atoms with Gasteiger partial charge >= 0.3 is 0 Å². The normalized spacial score (nSPS) is 33.0. The van der Waals surface area contributed by atoms with E-state index in [0.29, 0.717) is 6.04 Å². The van der Waals surface area contributed by atoms with Crippen molar-refractivity contribution >= 4 is 0 Å². The van der Waals surface area contributed by atoms with E-state index >= 15 is 0 Å². The van der Waals surface area contributed by atoms with E-state index in [-0.39, 0.29) is 5.60 Å². The number of rotatable bonds is 2. The molecule has 3 heteroatoms. The fourth-order valence-corrected chi connectivity index (χ4v) is 1.92. The minimum absolute atomic E-state index is 0.0878. The molecule has 1 saturated carbocycles. The molecule has 0 aromatic carbocycles. The Hall–Kier alpha value is -0.830. The quantitative estimate of drug-likeness (QED) is 0.695. The largest absolute Gasteiger partial charge is 0.378 e. The first-order chi connectivity index (χ1) is 6.13. The monoisotopic (exact) mass is 180 g/mol. The van der Waals surface area contributed by atoms with Gasteiger partial charge in [0.15, 0.2) is 0 Å². The molecule has 0 aliphatic heterocycles. The molecule has 72 valence electrons. The van der Waals surface area contributed by atoms with Gasteiger partial charge in [-0.15, -0.1) is 0 Å². The lowest BCUT2D eigenvalue weighted by molar-refractivity contribution is -0.0875. The topological polar surface area (TPSA) is 27.1 Å². The zero-order valence-electron chi connectivity index (χ0n) is 8.45. The average Bonchev–Trinajstić information content (AvgIpc) is 2.46. The second kappa shape index (κ2) is 2.84. The maximum absolute atomic E-state index is 5.39. The van der Waals surface area contributed by atoms with Crippen LogP contribution in [0.2, 0.25) is 0 Å². The Balaban J connectivity index is 2.01. The first-order valence-electron chi connectivity index (χ1n) is 4.69. The highest BCUT2D eigenvalue weighted by molar-refractivity contribution is 5.04. The van der Waals surface area contributed by atoms with Gasteiger partial charge in [0.05, 0.1) is 17.8 Å². The lowest BCUT2D eigenvalue weighted by Gasteiger charge is -2.43. The molecule has 0 radical (unpaired) electrons. The first-order valence-corrected chi connectivity index (χ1v) is 4.69. The highest BCUT2D eigenvalue weighted by Gasteiger charge is 2.41. The Kier molecular flexibility index (Phi) is 1.91. The van der Waals surface area contributed by atoms with Crippen LogP contribution >= 0.6 is 0 Å². The molecule has 0 saturated heterocycles. The third kappa shape index (κ3) is 1.48. The van der Waals surface area contributed by atoms with Crippen LogP contribution in [0.1, 0.15) is 31.4 Å².